The number of fused-ring (bicyclic) bond motifs is 1. The van der Waals surface area contributed by atoms with Crippen LogP contribution in [0.3, 0.4) is 0 Å². The van der Waals surface area contributed by atoms with Gasteiger partial charge in [0.2, 0.25) is 0 Å². The molecule has 2 heterocycles. The Morgan fingerprint density at radius 1 is 1.50 bits per heavy atom. The van der Waals surface area contributed by atoms with Gasteiger partial charge in [-0.1, -0.05) is 17.7 Å². The Balaban J connectivity index is 2.12. The Morgan fingerprint density at radius 2 is 2.30 bits per heavy atom. The summed E-state index contributed by atoms with van der Waals surface area (Å²) in [6, 6.07) is 5.95. The summed E-state index contributed by atoms with van der Waals surface area (Å²) in [6.45, 7) is 5.25. The summed E-state index contributed by atoms with van der Waals surface area (Å²) in [5.74, 6) is 2.17. The minimum atomic E-state index is -0.117. The van der Waals surface area contributed by atoms with Crippen LogP contribution in [-0.4, -0.2) is 20.1 Å². The van der Waals surface area contributed by atoms with E-state index in [1.165, 1.54) is 18.6 Å². The van der Waals surface area contributed by atoms with Gasteiger partial charge in [0, 0.05) is 11.3 Å². The number of rotatable bonds is 3. The zero-order valence-corrected chi connectivity index (χ0v) is 14.0. The second-order valence-corrected chi connectivity index (χ2v) is 8.43. The lowest BCUT2D eigenvalue weighted by molar-refractivity contribution is 0.506. The number of para-hydroxylation sites is 1. The van der Waals surface area contributed by atoms with Gasteiger partial charge in [-0.15, -0.1) is 11.6 Å². The van der Waals surface area contributed by atoms with E-state index in [-0.39, 0.29) is 10.1 Å². The first-order valence-electron chi connectivity index (χ1n) is 6.93. The summed E-state index contributed by atoms with van der Waals surface area (Å²) in [4.78, 5) is 4.67. The van der Waals surface area contributed by atoms with Gasteiger partial charge in [0.15, 0.2) is 0 Å². The third-order valence-corrected chi connectivity index (χ3v) is 5.93. The normalized spacial score (nSPS) is 24.4. The summed E-state index contributed by atoms with van der Waals surface area (Å²) < 4.78 is 2.54. The molecule has 0 saturated carbocycles. The van der Waals surface area contributed by atoms with Crippen molar-refractivity contribution in [2.75, 3.05) is 5.75 Å². The van der Waals surface area contributed by atoms with Crippen LogP contribution in [0.15, 0.2) is 18.2 Å². The van der Waals surface area contributed by atoms with E-state index in [1.54, 1.807) is 0 Å². The van der Waals surface area contributed by atoms with Crippen LogP contribution in [0.5, 0.6) is 0 Å². The van der Waals surface area contributed by atoms with E-state index in [2.05, 4.69) is 34.3 Å². The zero-order chi connectivity index (χ0) is 14.3. The van der Waals surface area contributed by atoms with Crippen LogP contribution in [0.4, 0.5) is 0 Å². The molecule has 2 unspecified atom stereocenters. The van der Waals surface area contributed by atoms with Gasteiger partial charge in [-0.05, 0) is 44.6 Å². The largest absolute Gasteiger partial charge is 0.325 e. The van der Waals surface area contributed by atoms with Gasteiger partial charge in [0.25, 0.3) is 0 Å². The van der Waals surface area contributed by atoms with Gasteiger partial charge < -0.3 is 4.57 Å². The molecule has 2 aromatic rings. The SMILES string of the molecule is CC(Cl)c1nc2c(Cl)cccc2n1CC1(C)CCCS1. The number of aromatic nitrogens is 2. The van der Waals surface area contributed by atoms with Crippen molar-refractivity contribution < 1.29 is 0 Å². The van der Waals surface area contributed by atoms with Crippen molar-refractivity contribution in [3.63, 3.8) is 0 Å². The standard InChI is InChI=1S/C15H18Cl2N2S/c1-10(16)14-18-13-11(17)5-3-6-12(13)19(14)9-15(2)7-4-8-20-15/h3,5-6,10H,4,7-9H2,1-2H3. The van der Waals surface area contributed by atoms with Crippen LogP contribution >= 0.6 is 35.0 Å². The van der Waals surface area contributed by atoms with Crippen LogP contribution in [0.1, 0.15) is 37.9 Å². The summed E-state index contributed by atoms with van der Waals surface area (Å²) in [7, 11) is 0. The number of thioether (sulfide) groups is 1. The van der Waals surface area contributed by atoms with Gasteiger partial charge in [-0.25, -0.2) is 4.98 Å². The average Bonchev–Trinajstić information content (AvgIpc) is 2.96. The van der Waals surface area contributed by atoms with Crippen molar-refractivity contribution >= 4 is 46.0 Å². The molecule has 1 aromatic carbocycles. The highest BCUT2D eigenvalue weighted by molar-refractivity contribution is 8.00. The Kier molecular flexibility index (Phi) is 3.95. The predicted molar refractivity (Wildman–Crippen MR) is 89.1 cm³/mol. The Morgan fingerprint density at radius 3 is 2.95 bits per heavy atom. The highest BCUT2D eigenvalue weighted by Crippen LogP contribution is 2.41. The van der Waals surface area contributed by atoms with Gasteiger partial charge in [-0.3, -0.25) is 0 Å². The molecular formula is C15H18Cl2N2S. The van der Waals surface area contributed by atoms with E-state index in [0.29, 0.717) is 5.02 Å². The maximum Gasteiger partial charge on any atom is 0.127 e. The fourth-order valence-electron chi connectivity index (χ4n) is 2.90. The van der Waals surface area contributed by atoms with Gasteiger partial charge >= 0.3 is 0 Å². The molecule has 0 radical (unpaired) electrons. The maximum atomic E-state index is 6.33. The summed E-state index contributed by atoms with van der Waals surface area (Å²) >= 11 is 14.7. The molecule has 1 aliphatic heterocycles. The maximum absolute atomic E-state index is 6.33. The smallest absolute Gasteiger partial charge is 0.127 e. The molecule has 1 saturated heterocycles. The molecule has 0 aliphatic carbocycles. The first kappa shape index (κ1) is 14.6. The molecule has 5 heteroatoms. The van der Waals surface area contributed by atoms with Crippen molar-refractivity contribution in [2.45, 2.75) is 43.4 Å². The lowest BCUT2D eigenvalue weighted by Crippen LogP contribution is -2.25. The molecule has 108 valence electrons. The van der Waals surface area contributed by atoms with E-state index < -0.39 is 0 Å². The average molecular weight is 329 g/mol. The molecule has 3 rings (SSSR count). The van der Waals surface area contributed by atoms with Crippen molar-refractivity contribution in [1.29, 1.82) is 0 Å². The van der Waals surface area contributed by atoms with Crippen molar-refractivity contribution in [1.82, 2.24) is 9.55 Å². The lowest BCUT2D eigenvalue weighted by atomic mass is 10.1. The number of halogens is 2. The van der Waals surface area contributed by atoms with Crippen LogP contribution in [0.2, 0.25) is 5.02 Å². The first-order chi connectivity index (χ1) is 9.50. The van der Waals surface area contributed by atoms with Crippen molar-refractivity contribution in [3.8, 4) is 0 Å². The van der Waals surface area contributed by atoms with Crippen molar-refractivity contribution in [3.05, 3.63) is 29.0 Å². The number of alkyl halides is 1. The number of hydrogen-bond acceptors (Lipinski definition) is 2. The van der Waals surface area contributed by atoms with Crippen LogP contribution < -0.4 is 0 Å². The van der Waals surface area contributed by atoms with E-state index in [9.17, 15) is 0 Å². The molecular weight excluding hydrogens is 311 g/mol. The van der Waals surface area contributed by atoms with Crippen LogP contribution in [0.25, 0.3) is 11.0 Å². The van der Waals surface area contributed by atoms with E-state index in [4.69, 9.17) is 23.2 Å². The number of hydrogen-bond donors (Lipinski definition) is 0. The predicted octanol–water partition coefficient (Wildman–Crippen LogP) is 5.28. The minimum absolute atomic E-state index is 0.117. The Hall–Kier alpha value is -0.380. The second kappa shape index (κ2) is 5.43. The molecule has 1 aromatic heterocycles. The number of nitrogens with zero attached hydrogens (tertiary/aromatic N) is 2. The topological polar surface area (TPSA) is 17.8 Å². The Labute approximate surface area is 133 Å². The molecule has 1 aliphatic rings. The van der Waals surface area contributed by atoms with E-state index in [0.717, 1.165) is 23.4 Å². The molecule has 2 nitrogen and oxygen atoms in total. The highest BCUT2D eigenvalue weighted by Gasteiger charge is 2.32. The quantitative estimate of drug-likeness (QED) is 0.714. The Bertz CT molecular complexity index is 630. The highest BCUT2D eigenvalue weighted by atomic mass is 35.5. The zero-order valence-electron chi connectivity index (χ0n) is 11.7. The third kappa shape index (κ3) is 2.56. The minimum Gasteiger partial charge on any atom is -0.325 e. The summed E-state index contributed by atoms with van der Waals surface area (Å²) in [5.41, 5.74) is 1.96. The molecule has 0 spiro atoms. The van der Waals surface area contributed by atoms with Crippen LogP contribution in [0, 0.1) is 0 Å². The molecule has 20 heavy (non-hydrogen) atoms. The molecule has 0 bridgehead atoms. The monoisotopic (exact) mass is 328 g/mol. The molecule has 0 N–H and O–H groups in total. The fraction of sp³-hybridized carbons (Fsp3) is 0.533. The van der Waals surface area contributed by atoms with Crippen LogP contribution in [-0.2, 0) is 6.54 Å². The van der Waals surface area contributed by atoms with Gasteiger partial charge in [0.05, 0.1) is 15.9 Å². The lowest BCUT2D eigenvalue weighted by Gasteiger charge is -2.25. The molecule has 1 fully saturated rings. The number of imidazole rings is 1. The van der Waals surface area contributed by atoms with Gasteiger partial charge in [0.1, 0.15) is 11.3 Å². The first-order valence-corrected chi connectivity index (χ1v) is 8.73. The number of benzene rings is 1. The van der Waals surface area contributed by atoms with Gasteiger partial charge in [-0.2, -0.15) is 11.8 Å². The van der Waals surface area contributed by atoms with Crippen molar-refractivity contribution in [2.24, 2.45) is 0 Å². The second-order valence-electron chi connectivity index (χ2n) is 5.68. The van der Waals surface area contributed by atoms with E-state index in [1.807, 2.05) is 19.1 Å². The summed E-state index contributed by atoms with van der Waals surface area (Å²) in [6.07, 6.45) is 2.54. The summed E-state index contributed by atoms with van der Waals surface area (Å²) in [5, 5.41) is 0.581. The molecule has 2 atom stereocenters. The molecule has 0 amide bonds. The van der Waals surface area contributed by atoms with E-state index >= 15 is 0 Å². The fourth-order valence-corrected chi connectivity index (χ4v) is 4.57. The third-order valence-electron chi connectivity index (χ3n) is 3.91.